The smallest absolute Gasteiger partial charge is 0.336 e. The molecule has 0 saturated carbocycles. The van der Waals surface area contributed by atoms with Crippen molar-refractivity contribution in [3.05, 3.63) is 29.8 Å². The van der Waals surface area contributed by atoms with E-state index in [0.29, 0.717) is 0 Å². The predicted octanol–water partition coefficient (Wildman–Crippen LogP) is 2.12. The van der Waals surface area contributed by atoms with Gasteiger partial charge in [-0.15, -0.1) is 3.69 Å². The third-order valence-corrected chi connectivity index (χ3v) is 3.36. The molecule has 0 saturated heterocycles. The zero-order valence-corrected chi connectivity index (χ0v) is 8.98. The Morgan fingerprint density at radius 1 is 1.45 bits per heavy atom. The predicted molar refractivity (Wildman–Crippen MR) is 51.7 cm³/mol. The molecular weight excluding hydrogens is 168 g/mol. The van der Waals surface area contributed by atoms with Crippen molar-refractivity contribution < 1.29 is 0 Å². The monoisotopic (exact) mass is 178 g/mol. The summed E-state index contributed by atoms with van der Waals surface area (Å²) in [6, 6.07) is 8.64. The van der Waals surface area contributed by atoms with Crippen molar-refractivity contribution in [3.8, 4) is 0 Å². The maximum absolute atomic E-state index is 5.84. The van der Waals surface area contributed by atoms with Gasteiger partial charge in [0, 0.05) is 0 Å². The van der Waals surface area contributed by atoms with Crippen LogP contribution in [-0.4, -0.2) is 19.3 Å². The second kappa shape index (κ2) is 5.02. The molecule has 0 spiro atoms. The van der Waals surface area contributed by atoms with E-state index in [-0.39, 0.29) is 0 Å². The second-order valence-corrected chi connectivity index (χ2v) is 4.59. The van der Waals surface area contributed by atoms with Gasteiger partial charge >= 0.3 is 19.3 Å². The van der Waals surface area contributed by atoms with E-state index in [9.17, 15) is 0 Å². The van der Waals surface area contributed by atoms with Crippen molar-refractivity contribution in [2.75, 3.05) is 0 Å². The molecule has 11 heavy (non-hydrogen) atoms. The maximum atomic E-state index is 5.84. The molecule has 1 rings (SSSR count). The number of halogens is 1. The molecule has 0 aliphatic carbocycles. The van der Waals surface area contributed by atoms with Crippen LogP contribution in [0.3, 0.4) is 0 Å². The van der Waals surface area contributed by atoms with E-state index in [0.717, 1.165) is 0 Å². The summed E-state index contributed by atoms with van der Waals surface area (Å²) in [5.74, 6) is 0. The molecule has 0 bridgehead atoms. The highest BCUT2D eigenvalue weighted by Crippen LogP contribution is 2.00. The standard InChI is InChI=1S/C9H11.ClH.Mg/c1-2-6-9-7-4-3-5-8-9;;/h3-4,7-8H,2,6H2,1H3;1H;/q;;+1/p-1. The van der Waals surface area contributed by atoms with Gasteiger partial charge in [-0.25, -0.2) is 0 Å². The normalized spacial score (nSPS) is 9.27. The lowest BCUT2D eigenvalue weighted by atomic mass is 10.1. The number of aryl methyl sites for hydroxylation is 1. The number of rotatable bonds is 3. The molecule has 0 unspecified atom stereocenters. The van der Waals surface area contributed by atoms with E-state index in [2.05, 4.69) is 31.2 Å². The Labute approximate surface area is 81.5 Å². The topological polar surface area (TPSA) is 0 Å². The summed E-state index contributed by atoms with van der Waals surface area (Å²) in [5.41, 5.74) is 1.43. The zero-order valence-electron chi connectivity index (χ0n) is 6.81. The van der Waals surface area contributed by atoms with Crippen LogP contribution in [0.1, 0.15) is 18.9 Å². The van der Waals surface area contributed by atoms with Crippen LogP contribution in [0.5, 0.6) is 0 Å². The number of hydrogen-bond acceptors (Lipinski definition) is 0. The highest BCUT2D eigenvalue weighted by molar-refractivity contribution is 7.01. The molecule has 0 radical (unpaired) electrons. The summed E-state index contributed by atoms with van der Waals surface area (Å²) in [6.07, 6.45) is 2.40. The average Bonchev–Trinajstić information content (AvgIpc) is 2.06. The molecule has 0 fully saturated rings. The van der Waals surface area contributed by atoms with Crippen LogP contribution in [0.2, 0.25) is 0 Å². The summed E-state index contributed by atoms with van der Waals surface area (Å²) >= 11 is -0.475. The van der Waals surface area contributed by atoms with Crippen LogP contribution < -0.4 is 3.69 Å². The summed E-state index contributed by atoms with van der Waals surface area (Å²) in [4.78, 5) is 0. The van der Waals surface area contributed by atoms with Crippen LogP contribution >= 0.6 is 9.07 Å². The van der Waals surface area contributed by atoms with E-state index < -0.39 is 19.3 Å². The van der Waals surface area contributed by atoms with Gasteiger partial charge in [0.15, 0.2) is 0 Å². The number of hydrogen-bond donors (Lipinski definition) is 0. The highest BCUT2D eigenvalue weighted by atomic mass is 35.5. The quantitative estimate of drug-likeness (QED) is 0.623. The number of benzene rings is 1. The third-order valence-electron chi connectivity index (χ3n) is 1.68. The minimum absolute atomic E-state index is 0.475. The van der Waals surface area contributed by atoms with Crippen LogP contribution in [-0.2, 0) is 6.42 Å². The molecule has 56 valence electrons. The minimum Gasteiger partial charge on any atom is -0.336 e. The van der Waals surface area contributed by atoms with Gasteiger partial charge in [0.1, 0.15) is 0 Å². The van der Waals surface area contributed by atoms with Gasteiger partial charge < -0.3 is 9.07 Å². The minimum atomic E-state index is -0.475. The molecule has 0 amide bonds. The average molecular weight is 179 g/mol. The van der Waals surface area contributed by atoms with Gasteiger partial charge in [0.05, 0.1) is 0 Å². The fourth-order valence-electron chi connectivity index (χ4n) is 1.16. The Kier molecular flexibility index (Phi) is 4.27. The summed E-state index contributed by atoms with van der Waals surface area (Å²) in [7, 11) is 5.84. The second-order valence-electron chi connectivity index (χ2n) is 2.70. The first kappa shape index (κ1) is 9.36. The molecular formula is C9H11ClMg. The molecule has 0 aliphatic heterocycles. The Hall–Kier alpha value is 0.276. The van der Waals surface area contributed by atoms with Crippen LogP contribution in [0, 0.1) is 0 Å². The van der Waals surface area contributed by atoms with Gasteiger partial charge in [-0.05, 0) is 6.42 Å². The Bertz CT molecular complexity index is 223. The fraction of sp³-hybridized carbons (Fsp3) is 0.333. The van der Waals surface area contributed by atoms with Crippen molar-refractivity contribution in [1.29, 1.82) is 0 Å². The van der Waals surface area contributed by atoms with Crippen LogP contribution in [0.25, 0.3) is 0 Å². The maximum Gasteiger partial charge on any atom is 0.538 e. The molecule has 2 heteroatoms. The van der Waals surface area contributed by atoms with Gasteiger partial charge in [-0.3, -0.25) is 0 Å². The lowest BCUT2D eigenvalue weighted by molar-refractivity contribution is 0.923. The van der Waals surface area contributed by atoms with Gasteiger partial charge in [0.2, 0.25) is 0 Å². The molecule has 0 heterocycles. The van der Waals surface area contributed by atoms with Gasteiger partial charge in [-0.1, -0.05) is 43.2 Å². The first-order chi connectivity index (χ1) is 5.36. The SMILES string of the molecule is CCCc1ccc[c]([Mg][Cl])c1. The van der Waals surface area contributed by atoms with Crippen molar-refractivity contribution in [1.82, 2.24) is 0 Å². The summed E-state index contributed by atoms with van der Waals surface area (Å²) < 4.78 is 1.36. The summed E-state index contributed by atoms with van der Waals surface area (Å²) in [5, 5.41) is 0. The molecule has 0 atom stereocenters. The lowest BCUT2D eigenvalue weighted by Gasteiger charge is -2.00. The van der Waals surface area contributed by atoms with Crippen molar-refractivity contribution in [2.24, 2.45) is 0 Å². The molecule has 0 aromatic heterocycles. The van der Waals surface area contributed by atoms with E-state index >= 15 is 0 Å². The molecule has 0 nitrogen and oxygen atoms in total. The van der Waals surface area contributed by atoms with Crippen molar-refractivity contribution >= 4 is 32.0 Å². The van der Waals surface area contributed by atoms with Gasteiger partial charge in [0.25, 0.3) is 0 Å². The Morgan fingerprint density at radius 2 is 2.27 bits per heavy atom. The summed E-state index contributed by atoms with van der Waals surface area (Å²) in [6.45, 7) is 2.20. The highest BCUT2D eigenvalue weighted by Gasteiger charge is 1.96. The Balaban J connectivity index is 2.74. The largest absolute Gasteiger partial charge is 0.538 e. The zero-order chi connectivity index (χ0) is 8.10. The van der Waals surface area contributed by atoms with Gasteiger partial charge in [-0.2, -0.15) is 0 Å². The fourth-order valence-corrected chi connectivity index (χ4v) is 2.22. The van der Waals surface area contributed by atoms with E-state index in [4.69, 9.17) is 9.07 Å². The Morgan fingerprint density at radius 3 is 2.91 bits per heavy atom. The molecule has 0 aliphatic rings. The lowest BCUT2D eigenvalue weighted by Crippen LogP contribution is -2.08. The van der Waals surface area contributed by atoms with Crippen LogP contribution in [0.15, 0.2) is 24.3 Å². The molecule has 1 aromatic rings. The van der Waals surface area contributed by atoms with Crippen molar-refractivity contribution in [2.45, 2.75) is 19.8 Å². The molecule has 0 N–H and O–H groups in total. The molecule has 1 aromatic carbocycles. The third kappa shape index (κ3) is 3.02. The van der Waals surface area contributed by atoms with Crippen molar-refractivity contribution in [3.63, 3.8) is 0 Å². The van der Waals surface area contributed by atoms with E-state index in [1.807, 2.05) is 0 Å². The van der Waals surface area contributed by atoms with Crippen LogP contribution in [0.4, 0.5) is 0 Å². The first-order valence-corrected chi connectivity index (χ1v) is 6.85. The van der Waals surface area contributed by atoms with E-state index in [1.165, 1.54) is 22.1 Å². The first-order valence-electron chi connectivity index (χ1n) is 4.00. The van der Waals surface area contributed by atoms with E-state index in [1.54, 1.807) is 0 Å².